The van der Waals surface area contributed by atoms with E-state index in [1.807, 2.05) is 65.1 Å². The lowest BCUT2D eigenvalue weighted by atomic mass is 10.2. The van der Waals surface area contributed by atoms with Gasteiger partial charge in [-0.25, -0.2) is 14.1 Å². The number of nitrogens with one attached hydrogen (secondary N) is 1. The Morgan fingerprint density at radius 3 is 2.65 bits per heavy atom. The number of thioether (sulfide) groups is 1. The van der Waals surface area contributed by atoms with Crippen LogP contribution in [0.4, 0.5) is 16.0 Å². The van der Waals surface area contributed by atoms with Gasteiger partial charge in [-0.05, 0) is 57.9 Å². The third-order valence-electron chi connectivity index (χ3n) is 6.10. The Bertz CT molecular complexity index is 1580. The van der Waals surface area contributed by atoms with Crippen LogP contribution in [-0.2, 0) is 10.5 Å². The molecule has 3 heterocycles. The molecule has 9 nitrogen and oxygen atoms in total. The first-order valence-electron chi connectivity index (χ1n) is 13.1. The number of benzene rings is 2. The minimum absolute atomic E-state index is 0.141. The van der Waals surface area contributed by atoms with Crippen LogP contribution in [0.15, 0.2) is 66.1 Å². The molecule has 1 N–H and O–H groups in total. The fourth-order valence-corrected chi connectivity index (χ4v) is 5.19. The molecule has 0 saturated carbocycles. The van der Waals surface area contributed by atoms with Gasteiger partial charge in [0.25, 0.3) is 0 Å². The molecule has 0 aliphatic heterocycles. The van der Waals surface area contributed by atoms with Crippen LogP contribution in [0.25, 0.3) is 16.9 Å². The zero-order chi connectivity index (χ0) is 28.2. The third kappa shape index (κ3) is 6.10. The molecule has 208 valence electrons. The Balaban J connectivity index is 1.43. The van der Waals surface area contributed by atoms with Crippen LogP contribution in [0.2, 0.25) is 0 Å². The number of nitrogens with zero attached hydrogens (tertiary/aromatic N) is 6. The van der Waals surface area contributed by atoms with Crippen molar-refractivity contribution in [2.75, 3.05) is 11.9 Å². The van der Waals surface area contributed by atoms with E-state index in [1.54, 1.807) is 29.0 Å². The summed E-state index contributed by atoms with van der Waals surface area (Å²) in [6, 6.07) is 13.6. The second kappa shape index (κ2) is 12.1. The molecule has 2 aromatic carbocycles. The van der Waals surface area contributed by atoms with Crippen LogP contribution in [-0.4, -0.2) is 42.1 Å². The Labute approximate surface area is 236 Å². The lowest BCUT2D eigenvalue weighted by Crippen LogP contribution is -2.10. The first-order chi connectivity index (χ1) is 19.3. The number of aromatic nitrogens is 6. The quantitative estimate of drug-likeness (QED) is 0.176. The number of hydrogen-bond donors (Lipinski definition) is 1. The highest BCUT2D eigenvalue weighted by atomic mass is 32.2. The average Bonchev–Trinajstić information content (AvgIpc) is 3.58. The molecule has 0 saturated heterocycles. The lowest BCUT2D eigenvalue weighted by Gasteiger charge is -2.13. The van der Waals surface area contributed by atoms with Crippen molar-refractivity contribution < 1.29 is 13.9 Å². The molecule has 0 bridgehead atoms. The third-order valence-corrected chi connectivity index (χ3v) is 7.15. The Morgan fingerprint density at radius 2 is 1.93 bits per heavy atom. The fraction of sp³-hybridized carbons (Fsp3) is 0.310. The number of anilines is 2. The molecule has 5 rings (SSSR count). The molecular weight excluding hydrogens is 529 g/mol. The van der Waals surface area contributed by atoms with Gasteiger partial charge in [0.05, 0.1) is 18.0 Å². The van der Waals surface area contributed by atoms with Gasteiger partial charge in [0.15, 0.2) is 5.75 Å². The predicted octanol–water partition coefficient (Wildman–Crippen LogP) is 6.81. The molecular formula is C29H32FN7O2S. The van der Waals surface area contributed by atoms with Crippen LogP contribution < -0.4 is 10.1 Å². The van der Waals surface area contributed by atoms with E-state index in [4.69, 9.17) is 9.47 Å². The van der Waals surface area contributed by atoms with E-state index in [0.717, 1.165) is 21.8 Å². The van der Waals surface area contributed by atoms with E-state index in [-0.39, 0.29) is 24.1 Å². The summed E-state index contributed by atoms with van der Waals surface area (Å²) in [5.41, 5.74) is 4.06. The average molecular weight is 562 g/mol. The SMILES string of the molecule is CCOC(C)n1cc(-c2ncn3nc(Nc4c(C)cc(SCc5ccccc5)cc4F)nc3c2OC(C)C)cn1. The van der Waals surface area contributed by atoms with Crippen molar-refractivity contribution in [1.29, 1.82) is 0 Å². The van der Waals surface area contributed by atoms with Crippen molar-refractivity contribution in [2.24, 2.45) is 0 Å². The number of rotatable bonds is 11. The van der Waals surface area contributed by atoms with Gasteiger partial charge in [-0.3, -0.25) is 0 Å². The highest BCUT2D eigenvalue weighted by Gasteiger charge is 2.21. The van der Waals surface area contributed by atoms with Gasteiger partial charge in [0, 0.05) is 29.0 Å². The molecule has 0 radical (unpaired) electrons. The van der Waals surface area contributed by atoms with E-state index < -0.39 is 0 Å². The largest absolute Gasteiger partial charge is 0.485 e. The minimum atomic E-state index is -0.372. The maximum Gasteiger partial charge on any atom is 0.247 e. The maximum absolute atomic E-state index is 15.2. The Morgan fingerprint density at radius 1 is 1.12 bits per heavy atom. The summed E-state index contributed by atoms with van der Waals surface area (Å²) in [6.07, 6.45) is 4.77. The van der Waals surface area contributed by atoms with Gasteiger partial charge in [0.2, 0.25) is 11.6 Å². The summed E-state index contributed by atoms with van der Waals surface area (Å²) in [7, 11) is 0. The molecule has 5 aromatic rings. The van der Waals surface area contributed by atoms with Crippen LogP contribution in [0.5, 0.6) is 5.75 Å². The van der Waals surface area contributed by atoms with E-state index in [2.05, 4.69) is 37.6 Å². The summed E-state index contributed by atoms with van der Waals surface area (Å²) >= 11 is 1.59. The molecule has 0 spiro atoms. The summed E-state index contributed by atoms with van der Waals surface area (Å²) in [4.78, 5) is 10.1. The Kier molecular flexibility index (Phi) is 8.32. The lowest BCUT2D eigenvalue weighted by molar-refractivity contribution is 0.0160. The molecule has 1 unspecified atom stereocenters. The first kappa shape index (κ1) is 27.6. The number of halogens is 1. The second-order valence-electron chi connectivity index (χ2n) is 9.55. The van der Waals surface area contributed by atoms with E-state index in [9.17, 15) is 0 Å². The summed E-state index contributed by atoms with van der Waals surface area (Å²) in [5.74, 6) is 1.09. The molecule has 0 amide bonds. The van der Waals surface area contributed by atoms with Gasteiger partial charge < -0.3 is 14.8 Å². The van der Waals surface area contributed by atoms with Gasteiger partial charge in [-0.2, -0.15) is 14.6 Å². The second-order valence-corrected chi connectivity index (χ2v) is 10.6. The van der Waals surface area contributed by atoms with Crippen molar-refractivity contribution in [3.63, 3.8) is 0 Å². The Hall–Kier alpha value is -3.96. The first-order valence-corrected chi connectivity index (χ1v) is 14.1. The molecule has 40 heavy (non-hydrogen) atoms. The van der Waals surface area contributed by atoms with Crippen LogP contribution in [0.1, 0.15) is 45.0 Å². The zero-order valence-electron chi connectivity index (χ0n) is 23.1. The molecule has 0 aliphatic carbocycles. The van der Waals surface area contributed by atoms with Crippen LogP contribution >= 0.6 is 11.8 Å². The van der Waals surface area contributed by atoms with E-state index in [1.165, 1.54) is 16.1 Å². The molecule has 0 fully saturated rings. The number of ether oxygens (including phenoxy) is 2. The minimum Gasteiger partial charge on any atom is -0.485 e. The summed E-state index contributed by atoms with van der Waals surface area (Å²) < 4.78 is 30.3. The summed E-state index contributed by atoms with van der Waals surface area (Å²) in [6.45, 7) is 10.2. The van der Waals surface area contributed by atoms with Crippen molar-refractivity contribution in [3.8, 4) is 17.0 Å². The van der Waals surface area contributed by atoms with Crippen molar-refractivity contribution in [3.05, 3.63) is 78.1 Å². The van der Waals surface area contributed by atoms with Gasteiger partial charge in [-0.15, -0.1) is 16.9 Å². The van der Waals surface area contributed by atoms with Gasteiger partial charge in [0.1, 0.15) is 24.1 Å². The molecule has 11 heteroatoms. The van der Waals surface area contributed by atoms with Crippen molar-refractivity contribution in [1.82, 2.24) is 29.4 Å². The molecule has 3 aromatic heterocycles. The molecule has 0 aliphatic rings. The van der Waals surface area contributed by atoms with E-state index in [0.29, 0.717) is 29.4 Å². The monoisotopic (exact) mass is 561 g/mol. The summed E-state index contributed by atoms with van der Waals surface area (Å²) in [5, 5.41) is 12.0. The normalized spacial score (nSPS) is 12.3. The topological polar surface area (TPSA) is 91.4 Å². The van der Waals surface area contributed by atoms with Gasteiger partial charge >= 0.3 is 0 Å². The van der Waals surface area contributed by atoms with E-state index >= 15 is 4.39 Å². The van der Waals surface area contributed by atoms with Gasteiger partial charge in [-0.1, -0.05) is 30.3 Å². The van der Waals surface area contributed by atoms with Crippen molar-refractivity contribution in [2.45, 2.75) is 57.6 Å². The number of aryl methyl sites for hydroxylation is 1. The zero-order valence-corrected chi connectivity index (χ0v) is 23.9. The highest BCUT2D eigenvalue weighted by Crippen LogP contribution is 2.34. The molecule has 1 atom stereocenters. The number of fused-ring (bicyclic) bond motifs is 1. The smallest absolute Gasteiger partial charge is 0.247 e. The maximum atomic E-state index is 15.2. The highest BCUT2D eigenvalue weighted by molar-refractivity contribution is 7.98. The van der Waals surface area contributed by atoms with Crippen LogP contribution in [0, 0.1) is 12.7 Å². The fourth-order valence-electron chi connectivity index (χ4n) is 4.22. The van der Waals surface area contributed by atoms with Crippen molar-refractivity contribution >= 4 is 29.0 Å². The standard InChI is InChI=1S/C29H32FN7O2S/c1-6-38-20(5)36-15-22(14-32-36)26-27(39-18(2)3)28-34-29(35-37(28)17-31-26)33-25-19(4)12-23(13-24(25)30)40-16-21-10-8-7-9-11-21/h7-15,17-18,20H,6,16H2,1-5H3,(H,33,35). The number of hydrogen-bond acceptors (Lipinski definition) is 8. The van der Waals surface area contributed by atoms with Crippen LogP contribution in [0.3, 0.4) is 0 Å². The predicted molar refractivity (Wildman–Crippen MR) is 155 cm³/mol.